The molecular weight excluding hydrogens is 276 g/mol. The van der Waals surface area contributed by atoms with Crippen LogP contribution in [0.5, 0.6) is 0 Å². The van der Waals surface area contributed by atoms with E-state index in [-0.39, 0.29) is 10.6 Å². The monoisotopic (exact) mass is 296 g/mol. The zero-order valence-electron chi connectivity index (χ0n) is 12.4. The maximum Gasteiger partial charge on any atom is 0.269 e. The van der Waals surface area contributed by atoms with E-state index in [0.29, 0.717) is 23.8 Å². The standard InChI is InChI=1S/C18H20N2O2/c21-20(22)13-9-10-17-16(11-13)14-7-4-8-15(14)18(19-17)12-5-2-1-3-6-12/h1-2,4,7,9-12,14-15,18-19H,3,5-6,8H2/t12-,14-,15+,18+/m1/s1. The highest BCUT2D eigenvalue weighted by atomic mass is 16.6. The number of non-ortho nitro benzene ring substituents is 1. The second-order valence-corrected chi connectivity index (χ2v) is 6.60. The Labute approximate surface area is 130 Å². The van der Waals surface area contributed by atoms with Gasteiger partial charge in [-0.05, 0) is 49.1 Å². The van der Waals surface area contributed by atoms with Crippen LogP contribution in [-0.4, -0.2) is 11.0 Å². The molecule has 0 radical (unpaired) electrons. The van der Waals surface area contributed by atoms with Gasteiger partial charge in [0.1, 0.15) is 0 Å². The van der Waals surface area contributed by atoms with Gasteiger partial charge in [0.25, 0.3) is 5.69 Å². The Balaban J connectivity index is 1.70. The second-order valence-electron chi connectivity index (χ2n) is 6.60. The van der Waals surface area contributed by atoms with Crippen LogP contribution < -0.4 is 5.32 Å². The topological polar surface area (TPSA) is 55.2 Å². The molecule has 0 unspecified atom stereocenters. The number of hydrogen-bond donors (Lipinski definition) is 1. The molecule has 0 saturated carbocycles. The molecule has 4 rings (SSSR count). The average Bonchev–Trinajstić information content (AvgIpc) is 3.04. The van der Waals surface area contributed by atoms with Gasteiger partial charge >= 0.3 is 0 Å². The largest absolute Gasteiger partial charge is 0.381 e. The van der Waals surface area contributed by atoms with Crippen molar-refractivity contribution in [2.45, 2.75) is 37.6 Å². The number of benzene rings is 1. The second kappa shape index (κ2) is 5.27. The third-order valence-electron chi connectivity index (χ3n) is 5.42. The van der Waals surface area contributed by atoms with Gasteiger partial charge < -0.3 is 5.32 Å². The minimum atomic E-state index is -0.300. The van der Waals surface area contributed by atoms with E-state index in [2.05, 4.69) is 29.6 Å². The molecular formula is C18H20N2O2. The van der Waals surface area contributed by atoms with Crippen molar-refractivity contribution in [3.05, 3.63) is 58.2 Å². The van der Waals surface area contributed by atoms with Crippen LogP contribution in [0.3, 0.4) is 0 Å². The molecule has 2 aliphatic carbocycles. The van der Waals surface area contributed by atoms with E-state index in [4.69, 9.17) is 0 Å². The molecule has 0 spiro atoms. The van der Waals surface area contributed by atoms with Crippen LogP contribution in [0.1, 0.15) is 37.2 Å². The lowest BCUT2D eigenvalue weighted by Crippen LogP contribution is -2.41. The summed E-state index contributed by atoms with van der Waals surface area (Å²) in [4.78, 5) is 10.8. The lowest BCUT2D eigenvalue weighted by molar-refractivity contribution is -0.384. The highest BCUT2D eigenvalue weighted by molar-refractivity contribution is 5.62. The Kier molecular flexibility index (Phi) is 3.25. The van der Waals surface area contributed by atoms with Crippen molar-refractivity contribution < 1.29 is 4.92 Å². The Morgan fingerprint density at radius 1 is 1.18 bits per heavy atom. The lowest BCUT2D eigenvalue weighted by Gasteiger charge is -2.41. The van der Waals surface area contributed by atoms with Gasteiger partial charge in [-0.2, -0.15) is 0 Å². The highest BCUT2D eigenvalue weighted by Gasteiger charge is 2.40. The van der Waals surface area contributed by atoms with Crippen molar-refractivity contribution in [2.24, 2.45) is 11.8 Å². The molecule has 0 amide bonds. The first kappa shape index (κ1) is 13.6. The number of allylic oxidation sites excluding steroid dienone is 4. The van der Waals surface area contributed by atoms with E-state index in [1.54, 1.807) is 12.1 Å². The molecule has 1 heterocycles. The summed E-state index contributed by atoms with van der Waals surface area (Å²) in [6.07, 6.45) is 13.7. The molecule has 4 nitrogen and oxygen atoms in total. The molecule has 4 atom stereocenters. The number of hydrogen-bond acceptors (Lipinski definition) is 3. The summed E-state index contributed by atoms with van der Waals surface area (Å²) in [5, 5.41) is 14.8. The minimum absolute atomic E-state index is 0.193. The number of nitrogens with one attached hydrogen (secondary N) is 1. The SMILES string of the molecule is O=[N+]([O-])c1ccc2c(c1)[C@@H]1C=CC[C@@H]1[C@H]([C@@H]1CC=CCC1)N2. The predicted octanol–water partition coefficient (Wildman–Crippen LogP) is 4.40. The van der Waals surface area contributed by atoms with E-state index < -0.39 is 0 Å². The molecule has 0 aromatic heterocycles. The quantitative estimate of drug-likeness (QED) is 0.500. The Morgan fingerprint density at radius 2 is 2.09 bits per heavy atom. The van der Waals surface area contributed by atoms with Crippen molar-refractivity contribution in [3.63, 3.8) is 0 Å². The molecule has 3 aliphatic rings. The first-order chi connectivity index (χ1) is 10.7. The number of nitrogens with zero attached hydrogens (tertiary/aromatic N) is 1. The number of rotatable bonds is 2. The summed E-state index contributed by atoms with van der Waals surface area (Å²) in [6, 6.07) is 5.73. The molecule has 0 saturated heterocycles. The average molecular weight is 296 g/mol. The lowest BCUT2D eigenvalue weighted by atomic mass is 9.72. The van der Waals surface area contributed by atoms with Gasteiger partial charge in [-0.25, -0.2) is 0 Å². The maximum atomic E-state index is 11.1. The van der Waals surface area contributed by atoms with Crippen molar-refractivity contribution in [3.8, 4) is 0 Å². The molecule has 22 heavy (non-hydrogen) atoms. The molecule has 0 bridgehead atoms. The van der Waals surface area contributed by atoms with Crippen molar-refractivity contribution in [1.82, 2.24) is 0 Å². The van der Waals surface area contributed by atoms with Crippen LogP contribution in [0.15, 0.2) is 42.5 Å². The van der Waals surface area contributed by atoms with Gasteiger partial charge in [-0.1, -0.05) is 24.3 Å². The van der Waals surface area contributed by atoms with E-state index in [0.717, 1.165) is 24.1 Å². The zero-order chi connectivity index (χ0) is 15.1. The van der Waals surface area contributed by atoms with Crippen LogP contribution in [0.25, 0.3) is 0 Å². The molecule has 1 N–H and O–H groups in total. The molecule has 1 aromatic rings. The Morgan fingerprint density at radius 3 is 2.86 bits per heavy atom. The van der Waals surface area contributed by atoms with E-state index in [1.165, 1.54) is 12.8 Å². The number of fused-ring (bicyclic) bond motifs is 3. The molecule has 1 aliphatic heterocycles. The van der Waals surface area contributed by atoms with Crippen LogP contribution in [-0.2, 0) is 0 Å². The highest BCUT2D eigenvalue weighted by Crippen LogP contribution is 2.48. The number of nitro benzene ring substituents is 1. The summed E-state index contributed by atoms with van der Waals surface area (Å²) in [7, 11) is 0. The fourth-order valence-corrected chi connectivity index (χ4v) is 4.34. The first-order valence-corrected chi connectivity index (χ1v) is 8.10. The Hall–Kier alpha value is -2.10. The van der Waals surface area contributed by atoms with E-state index >= 15 is 0 Å². The molecule has 114 valence electrons. The summed E-state index contributed by atoms with van der Waals surface area (Å²) in [5.74, 6) is 1.53. The summed E-state index contributed by atoms with van der Waals surface area (Å²) < 4.78 is 0. The van der Waals surface area contributed by atoms with Crippen LogP contribution >= 0.6 is 0 Å². The van der Waals surface area contributed by atoms with Gasteiger partial charge in [-0.3, -0.25) is 10.1 Å². The zero-order valence-corrected chi connectivity index (χ0v) is 12.4. The fraction of sp³-hybridized carbons (Fsp3) is 0.444. The molecule has 1 aromatic carbocycles. The van der Waals surface area contributed by atoms with Crippen molar-refractivity contribution >= 4 is 11.4 Å². The third kappa shape index (κ3) is 2.14. The smallest absolute Gasteiger partial charge is 0.269 e. The van der Waals surface area contributed by atoms with Crippen LogP contribution in [0, 0.1) is 22.0 Å². The number of nitro groups is 1. The fourth-order valence-electron chi connectivity index (χ4n) is 4.34. The summed E-state index contributed by atoms with van der Waals surface area (Å²) in [6.45, 7) is 0. The van der Waals surface area contributed by atoms with Gasteiger partial charge in [0.15, 0.2) is 0 Å². The first-order valence-electron chi connectivity index (χ1n) is 8.10. The predicted molar refractivity (Wildman–Crippen MR) is 87.0 cm³/mol. The minimum Gasteiger partial charge on any atom is -0.381 e. The molecule has 4 heteroatoms. The van der Waals surface area contributed by atoms with Crippen molar-refractivity contribution in [1.29, 1.82) is 0 Å². The van der Waals surface area contributed by atoms with E-state index in [9.17, 15) is 10.1 Å². The molecule has 0 fully saturated rings. The normalized spacial score (nSPS) is 32.2. The van der Waals surface area contributed by atoms with Crippen LogP contribution in [0.4, 0.5) is 11.4 Å². The van der Waals surface area contributed by atoms with E-state index in [1.807, 2.05) is 6.07 Å². The van der Waals surface area contributed by atoms with Gasteiger partial charge in [0.05, 0.1) is 4.92 Å². The van der Waals surface area contributed by atoms with Crippen molar-refractivity contribution in [2.75, 3.05) is 5.32 Å². The third-order valence-corrected chi connectivity index (χ3v) is 5.42. The number of anilines is 1. The van der Waals surface area contributed by atoms with Crippen LogP contribution in [0.2, 0.25) is 0 Å². The summed E-state index contributed by atoms with van der Waals surface area (Å²) in [5.41, 5.74) is 2.37. The van der Waals surface area contributed by atoms with Gasteiger partial charge in [-0.15, -0.1) is 0 Å². The maximum absolute atomic E-state index is 11.1. The summed E-state index contributed by atoms with van der Waals surface area (Å²) >= 11 is 0. The van der Waals surface area contributed by atoms with Gasteiger partial charge in [0, 0.05) is 29.8 Å². The Bertz CT molecular complexity index is 665. The van der Waals surface area contributed by atoms with Gasteiger partial charge in [0.2, 0.25) is 0 Å².